The Labute approximate surface area is 94.2 Å². The van der Waals surface area contributed by atoms with Crippen molar-refractivity contribution in [1.82, 2.24) is 0 Å². The molecule has 0 unspecified atom stereocenters. The van der Waals surface area contributed by atoms with Crippen molar-refractivity contribution in [1.29, 1.82) is 0 Å². The van der Waals surface area contributed by atoms with Crippen LogP contribution in [0.1, 0.15) is 30.1 Å². The molecule has 0 aliphatic heterocycles. The summed E-state index contributed by atoms with van der Waals surface area (Å²) in [7, 11) is 1.30. The smallest absolute Gasteiger partial charge is 0.337 e. The minimum absolute atomic E-state index is 0.301. The Bertz CT molecular complexity index is 384. The molecule has 16 heavy (non-hydrogen) atoms. The predicted octanol–water partition coefficient (Wildman–Crippen LogP) is 2.18. The average Bonchev–Trinajstić information content (AvgIpc) is 2.28. The summed E-state index contributed by atoms with van der Waals surface area (Å²) >= 11 is 0. The first-order valence-corrected chi connectivity index (χ1v) is 5.06. The standard InChI is InChI=1S/C12H14O4/c1-3-5-11(13)16-10-7-4-6-9(8-10)12(14)15-2/h4,6-8H,3,5H2,1-2H3. The molecular formula is C12H14O4. The molecule has 86 valence electrons. The van der Waals surface area contributed by atoms with Gasteiger partial charge in [-0.2, -0.15) is 0 Å². The van der Waals surface area contributed by atoms with Gasteiger partial charge < -0.3 is 9.47 Å². The summed E-state index contributed by atoms with van der Waals surface area (Å²) in [6.07, 6.45) is 1.10. The minimum Gasteiger partial charge on any atom is -0.465 e. The zero-order chi connectivity index (χ0) is 12.0. The summed E-state index contributed by atoms with van der Waals surface area (Å²) in [4.78, 5) is 22.4. The minimum atomic E-state index is -0.451. The summed E-state index contributed by atoms with van der Waals surface area (Å²) in [5.74, 6) is -0.390. The van der Waals surface area contributed by atoms with Gasteiger partial charge in [-0.25, -0.2) is 4.79 Å². The summed E-state index contributed by atoms with van der Waals surface area (Å²) < 4.78 is 9.61. The van der Waals surface area contributed by atoms with Crippen molar-refractivity contribution < 1.29 is 19.1 Å². The summed E-state index contributed by atoms with van der Waals surface area (Å²) in [5, 5.41) is 0. The number of ether oxygens (including phenoxy) is 2. The number of benzene rings is 1. The number of carbonyl (C=O) groups excluding carboxylic acids is 2. The van der Waals surface area contributed by atoms with E-state index < -0.39 is 5.97 Å². The monoisotopic (exact) mass is 222 g/mol. The van der Waals surface area contributed by atoms with Crippen molar-refractivity contribution in [3.63, 3.8) is 0 Å². The first-order chi connectivity index (χ1) is 7.67. The lowest BCUT2D eigenvalue weighted by atomic mass is 10.2. The van der Waals surface area contributed by atoms with Crippen molar-refractivity contribution in [2.45, 2.75) is 19.8 Å². The maximum Gasteiger partial charge on any atom is 0.337 e. The molecule has 0 aromatic heterocycles. The van der Waals surface area contributed by atoms with Gasteiger partial charge in [0.15, 0.2) is 0 Å². The number of hydrogen-bond donors (Lipinski definition) is 0. The summed E-state index contributed by atoms with van der Waals surface area (Å²) in [6.45, 7) is 1.89. The van der Waals surface area contributed by atoms with E-state index in [4.69, 9.17) is 4.74 Å². The van der Waals surface area contributed by atoms with Crippen LogP contribution in [0.4, 0.5) is 0 Å². The normalized spacial score (nSPS) is 9.62. The lowest BCUT2D eigenvalue weighted by Gasteiger charge is -2.04. The molecule has 0 amide bonds. The van der Waals surface area contributed by atoms with E-state index in [-0.39, 0.29) is 5.97 Å². The molecule has 4 heteroatoms. The maximum absolute atomic E-state index is 11.2. The van der Waals surface area contributed by atoms with Gasteiger partial charge in [0.25, 0.3) is 0 Å². The second-order valence-electron chi connectivity index (χ2n) is 3.24. The highest BCUT2D eigenvalue weighted by Crippen LogP contribution is 2.14. The van der Waals surface area contributed by atoms with Gasteiger partial charge in [0, 0.05) is 6.42 Å². The molecule has 0 saturated carbocycles. The molecule has 0 spiro atoms. The number of rotatable bonds is 4. The van der Waals surface area contributed by atoms with Crippen LogP contribution < -0.4 is 4.74 Å². The Morgan fingerprint density at radius 1 is 1.31 bits per heavy atom. The van der Waals surface area contributed by atoms with E-state index in [9.17, 15) is 9.59 Å². The lowest BCUT2D eigenvalue weighted by Crippen LogP contribution is -2.08. The number of esters is 2. The van der Waals surface area contributed by atoms with Crippen molar-refractivity contribution >= 4 is 11.9 Å². The second kappa shape index (κ2) is 5.90. The van der Waals surface area contributed by atoms with Gasteiger partial charge in [0.2, 0.25) is 0 Å². The Kier molecular flexibility index (Phi) is 4.51. The fourth-order valence-corrected chi connectivity index (χ4v) is 1.19. The number of methoxy groups -OCH3 is 1. The molecule has 1 rings (SSSR count). The van der Waals surface area contributed by atoms with Crippen LogP contribution in [-0.2, 0) is 9.53 Å². The Hall–Kier alpha value is -1.84. The van der Waals surface area contributed by atoms with Crippen molar-refractivity contribution in [2.75, 3.05) is 7.11 Å². The molecule has 1 aromatic rings. The zero-order valence-corrected chi connectivity index (χ0v) is 9.36. The van der Waals surface area contributed by atoms with Crippen molar-refractivity contribution in [3.05, 3.63) is 29.8 Å². The van der Waals surface area contributed by atoms with Crippen LogP contribution in [0.2, 0.25) is 0 Å². The summed E-state index contributed by atoms with van der Waals surface area (Å²) in [5.41, 5.74) is 0.365. The van der Waals surface area contributed by atoms with Gasteiger partial charge in [-0.1, -0.05) is 13.0 Å². The number of hydrogen-bond acceptors (Lipinski definition) is 4. The van der Waals surface area contributed by atoms with E-state index in [0.29, 0.717) is 17.7 Å². The van der Waals surface area contributed by atoms with Crippen LogP contribution in [0.15, 0.2) is 24.3 Å². The molecule has 0 saturated heterocycles. The van der Waals surface area contributed by atoms with Crippen LogP contribution in [-0.4, -0.2) is 19.0 Å². The van der Waals surface area contributed by atoms with E-state index in [2.05, 4.69) is 4.74 Å². The van der Waals surface area contributed by atoms with Gasteiger partial charge >= 0.3 is 11.9 Å². The van der Waals surface area contributed by atoms with E-state index in [1.807, 2.05) is 6.92 Å². The molecule has 0 fully saturated rings. The molecular weight excluding hydrogens is 208 g/mol. The number of carbonyl (C=O) groups is 2. The summed E-state index contributed by atoms with van der Waals surface area (Å²) in [6, 6.07) is 6.35. The molecule has 0 bridgehead atoms. The van der Waals surface area contributed by atoms with E-state index in [0.717, 1.165) is 6.42 Å². The molecule has 0 heterocycles. The highest BCUT2D eigenvalue weighted by Gasteiger charge is 2.08. The topological polar surface area (TPSA) is 52.6 Å². The van der Waals surface area contributed by atoms with Crippen LogP contribution >= 0.6 is 0 Å². The third-order valence-electron chi connectivity index (χ3n) is 1.94. The van der Waals surface area contributed by atoms with Crippen LogP contribution in [0.25, 0.3) is 0 Å². The van der Waals surface area contributed by atoms with Crippen LogP contribution in [0, 0.1) is 0 Å². The average molecular weight is 222 g/mol. The highest BCUT2D eigenvalue weighted by molar-refractivity contribution is 5.89. The third-order valence-corrected chi connectivity index (χ3v) is 1.94. The fourth-order valence-electron chi connectivity index (χ4n) is 1.19. The second-order valence-corrected chi connectivity index (χ2v) is 3.24. The zero-order valence-electron chi connectivity index (χ0n) is 9.36. The first-order valence-electron chi connectivity index (χ1n) is 5.06. The fraction of sp³-hybridized carbons (Fsp3) is 0.333. The molecule has 4 nitrogen and oxygen atoms in total. The molecule has 0 N–H and O–H groups in total. The Morgan fingerprint density at radius 3 is 2.69 bits per heavy atom. The molecule has 0 aliphatic rings. The third kappa shape index (κ3) is 3.38. The maximum atomic E-state index is 11.2. The van der Waals surface area contributed by atoms with Gasteiger partial charge in [0.05, 0.1) is 12.7 Å². The molecule has 1 aromatic carbocycles. The quantitative estimate of drug-likeness (QED) is 0.578. The molecule has 0 aliphatic carbocycles. The van der Waals surface area contributed by atoms with E-state index in [1.54, 1.807) is 18.2 Å². The highest BCUT2D eigenvalue weighted by atomic mass is 16.5. The van der Waals surface area contributed by atoms with Gasteiger partial charge in [-0.15, -0.1) is 0 Å². The van der Waals surface area contributed by atoms with Gasteiger partial charge in [0.1, 0.15) is 5.75 Å². The van der Waals surface area contributed by atoms with Crippen LogP contribution in [0.3, 0.4) is 0 Å². The van der Waals surface area contributed by atoms with Crippen LogP contribution in [0.5, 0.6) is 5.75 Å². The Morgan fingerprint density at radius 2 is 2.06 bits per heavy atom. The SMILES string of the molecule is CCCC(=O)Oc1cccc(C(=O)OC)c1. The van der Waals surface area contributed by atoms with Gasteiger partial charge in [-0.3, -0.25) is 4.79 Å². The predicted molar refractivity (Wildman–Crippen MR) is 58.3 cm³/mol. The van der Waals surface area contributed by atoms with E-state index >= 15 is 0 Å². The first kappa shape index (κ1) is 12.2. The molecule has 0 radical (unpaired) electrons. The van der Waals surface area contributed by atoms with Crippen molar-refractivity contribution in [3.8, 4) is 5.75 Å². The molecule has 0 atom stereocenters. The van der Waals surface area contributed by atoms with E-state index in [1.165, 1.54) is 13.2 Å². The van der Waals surface area contributed by atoms with Crippen molar-refractivity contribution in [2.24, 2.45) is 0 Å². The lowest BCUT2D eigenvalue weighted by molar-refractivity contribution is -0.134. The largest absolute Gasteiger partial charge is 0.465 e. The van der Waals surface area contributed by atoms with Gasteiger partial charge in [-0.05, 0) is 24.6 Å². The Balaban J connectivity index is 2.74.